The molecular formula is C30H30N2O2. The summed E-state index contributed by atoms with van der Waals surface area (Å²) in [5, 5.41) is 0. The van der Waals surface area contributed by atoms with Gasteiger partial charge in [0.25, 0.3) is 0 Å². The summed E-state index contributed by atoms with van der Waals surface area (Å²) >= 11 is 0. The van der Waals surface area contributed by atoms with Crippen molar-refractivity contribution >= 4 is 5.69 Å². The van der Waals surface area contributed by atoms with Crippen molar-refractivity contribution < 1.29 is 9.47 Å². The van der Waals surface area contributed by atoms with Gasteiger partial charge >= 0.3 is 0 Å². The summed E-state index contributed by atoms with van der Waals surface area (Å²) in [6.45, 7) is 0.914. The zero-order valence-electron chi connectivity index (χ0n) is 19.6. The maximum absolute atomic E-state index is 6.25. The van der Waals surface area contributed by atoms with E-state index in [9.17, 15) is 0 Å². The number of pyridine rings is 1. The van der Waals surface area contributed by atoms with Gasteiger partial charge < -0.3 is 14.4 Å². The van der Waals surface area contributed by atoms with Gasteiger partial charge in [0.1, 0.15) is 13.2 Å². The van der Waals surface area contributed by atoms with Crippen LogP contribution in [0.15, 0.2) is 97.1 Å². The third-order valence-electron chi connectivity index (χ3n) is 6.47. The van der Waals surface area contributed by atoms with Crippen LogP contribution in [0.2, 0.25) is 0 Å². The lowest BCUT2D eigenvalue weighted by atomic mass is 9.91. The van der Waals surface area contributed by atoms with Gasteiger partial charge in [0.05, 0.1) is 0 Å². The van der Waals surface area contributed by atoms with Gasteiger partial charge in [-0.2, -0.15) is 4.98 Å². The number of benzene rings is 3. The lowest BCUT2D eigenvalue weighted by Crippen LogP contribution is -2.37. The largest absolute Gasteiger partial charge is 0.473 e. The highest BCUT2D eigenvalue weighted by molar-refractivity contribution is 5.73. The topological polar surface area (TPSA) is 34.6 Å². The molecule has 1 aliphatic rings. The van der Waals surface area contributed by atoms with Crippen LogP contribution in [0.1, 0.15) is 30.4 Å². The number of hydrogen-bond donors (Lipinski definition) is 0. The Balaban J connectivity index is 1.41. The number of hydrogen-bond acceptors (Lipinski definition) is 4. The average Bonchev–Trinajstić information content (AvgIpc) is 2.86. The molecule has 0 unspecified atom stereocenters. The third-order valence-corrected chi connectivity index (χ3v) is 6.47. The lowest BCUT2D eigenvalue weighted by molar-refractivity contribution is 0.268. The van der Waals surface area contributed by atoms with Crippen LogP contribution in [0.25, 0.3) is 11.1 Å². The Kier molecular flexibility index (Phi) is 6.76. The van der Waals surface area contributed by atoms with E-state index in [0.717, 1.165) is 22.3 Å². The van der Waals surface area contributed by atoms with Crippen LogP contribution in [0.5, 0.6) is 11.8 Å². The summed E-state index contributed by atoms with van der Waals surface area (Å²) in [6.07, 6.45) is 3.85. The molecule has 0 aliphatic heterocycles. The van der Waals surface area contributed by atoms with E-state index < -0.39 is 0 Å². The fourth-order valence-corrected chi connectivity index (χ4v) is 4.17. The quantitative estimate of drug-likeness (QED) is 0.278. The van der Waals surface area contributed by atoms with Crippen LogP contribution in [-0.2, 0) is 13.2 Å². The van der Waals surface area contributed by atoms with Crippen LogP contribution in [0.3, 0.4) is 0 Å². The molecule has 1 saturated carbocycles. The van der Waals surface area contributed by atoms with Crippen molar-refractivity contribution in [3.8, 4) is 22.9 Å². The highest BCUT2D eigenvalue weighted by atomic mass is 16.5. The molecule has 3 aromatic carbocycles. The van der Waals surface area contributed by atoms with Gasteiger partial charge in [0, 0.05) is 30.4 Å². The summed E-state index contributed by atoms with van der Waals surface area (Å²) in [5.74, 6) is 1.14. The molecule has 5 rings (SSSR count). The van der Waals surface area contributed by atoms with Crippen LogP contribution < -0.4 is 14.4 Å². The minimum Gasteiger partial charge on any atom is -0.473 e. The molecule has 1 aromatic heterocycles. The normalized spacial score (nSPS) is 13.2. The summed E-state index contributed by atoms with van der Waals surface area (Å²) in [6, 6.07) is 33.5. The molecule has 1 heterocycles. The summed E-state index contributed by atoms with van der Waals surface area (Å²) in [5.41, 5.74) is 5.48. The highest BCUT2D eigenvalue weighted by Gasteiger charge is 2.22. The third kappa shape index (κ3) is 5.23. The van der Waals surface area contributed by atoms with Crippen molar-refractivity contribution in [2.24, 2.45) is 0 Å². The van der Waals surface area contributed by atoms with Gasteiger partial charge in [0.15, 0.2) is 0 Å². The van der Waals surface area contributed by atoms with E-state index in [-0.39, 0.29) is 0 Å². The maximum atomic E-state index is 6.25. The molecule has 0 atom stereocenters. The van der Waals surface area contributed by atoms with E-state index in [1.165, 1.54) is 24.9 Å². The minimum atomic E-state index is 0.449. The molecule has 1 aliphatic carbocycles. The predicted molar refractivity (Wildman–Crippen MR) is 137 cm³/mol. The molecule has 0 N–H and O–H groups in total. The van der Waals surface area contributed by atoms with E-state index in [1.807, 2.05) is 54.6 Å². The van der Waals surface area contributed by atoms with Crippen LogP contribution in [-0.4, -0.2) is 18.1 Å². The molecule has 0 saturated heterocycles. The molecule has 0 bridgehead atoms. The first kappa shape index (κ1) is 22.0. The van der Waals surface area contributed by atoms with Gasteiger partial charge in [0.2, 0.25) is 11.8 Å². The van der Waals surface area contributed by atoms with Gasteiger partial charge in [-0.15, -0.1) is 0 Å². The average molecular weight is 451 g/mol. The first-order chi connectivity index (χ1) is 16.8. The van der Waals surface area contributed by atoms with Gasteiger partial charge in [-0.25, -0.2) is 0 Å². The summed E-state index contributed by atoms with van der Waals surface area (Å²) < 4.78 is 12.2. The van der Waals surface area contributed by atoms with E-state index in [1.54, 1.807) is 0 Å². The molecule has 34 heavy (non-hydrogen) atoms. The summed E-state index contributed by atoms with van der Waals surface area (Å²) in [7, 11) is 2.19. The van der Waals surface area contributed by atoms with Crippen molar-refractivity contribution in [3.05, 3.63) is 108 Å². The summed E-state index contributed by atoms with van der Waals surface area (Å²) in [4.78, 5) is 7.15. The first-order valence-electron chi connectivity index (χ1n) is 11.9. The zero-order valence-corrected chi connectivity index (χ0v) is 19.6. The second-order valence-corrected chi connectivity index (χ2v) is 8.80. The highest BCUT2D eigenvalue weighted by Crippen LogP contribution is 2.35. The van der Waals surface area contributed by atoms with Crippen molar-refractivity contribution in [1.29, 1.82) is 0 Å². The molecule has 172 valence electrons. The number of ether oxygens (including phenoxy) is 2. The first-order valence-corrected chi connectivity index (χ1v) is 11.9. The SMILES string of the molecule is CN(c1cccc(-c2ccc(OCc3ccccc3)nc2OCc2ccccc2)c1)C1CCC1. The van der Waals surface area contributed by atoms with Gasteiger partial charge in [-0.05, 0) is 54.2 Å². The van der Waals surface area contributed by atoms with Gasteiger partial charge in [-0.3, -0.25) is 0 Å². The zero-order chi connectivity index (χ0) is 23.2. The van der Waals surface area contributed by atoms with E-state index in [0.29, 0.717) is 31.0 Å². The predicted octanol–water partition coefficient (Wildman–Crippen LogP) is 6.90. The Morgan fingerprint density at radius 1 is 0.765 bits per heavy atom. The van der Waals surface area contributed by atoms with Crippen molar-refractivity contribution in [1.82, 2.24) is 4.98 Å². The Labute approximate surface area is 201 Å². The molecule has 4 aromatic rings. The van der Waals surface area contributed by atoms with E-state index >= 15 is 0 Å². The molecule has 0 spiro atoms. The Hall–Kier alpha value is -3.79. The Bertz CT molecular complexity index is 1210. The lowest BCUT2D eigenvalue weighted by Gasteiger charge is -2.36. The smallest absolute Gasteiger partial charge is 0.225 e. The number of aromatic nitrogens is 1. The monoisotopic (exact) mass is 450 g/mol. The fourth-order valence-electron chi connectivity index (χ4n) is 4.17. The number of rotatable bonds is 9. The fraction of sp³-hybridized carbons (Fsp3) is 0.233. The van der Waals surface area contributed by atoms with Gasteiger partial charge in [-0.1, -0.05) is 72.8 Å². The van der Waals surface area contributed by atoms with Crippen molar-refractivity contribution in [3.63, 3.8) is 0 Å². The van der Waals surface area contributed by atoms with Crippen LogP contribution in [0.4, 0.5) is 5.69 Å². The standard InChI is InChI=1S/C30H30N2O2/c1-32(26-15-9-16-26)27-17-8-14-25(20-27)28-18-19-29(33-21-23-10-4-2-5-11-23)31-30(28)34-22-24-12-6-3-7-13-24/h2-8,10-14,17-20,26H,9,15-16,21-22H2,1H3. The second-order valence-electron chi connectivity index (χ2n) is 8.80. The molecule has 1 fully saturated rings. The Morgan fingerprint density at radius 3 is 2.09 bits per heavy atom. The number of nitrogens with zero attached hydrogens (tertiary/aromatic N) is 2. The maximum Gasteiger partial charge on any atom is 0.225 e. The molecular weight excluding hydrogens is 420 g/mol. The second kappa shape index (κ2) is 10.4. The van der Waals surface area contributed by atoms with Crippen molar-refractivity contribution in [2.75, 3.05) is 11.9 Å². The van der Waals surface area contributed by atoms with Crippen molar-refractivity contribution in [2.45, 2.75) is 38.5 Å². The minimum absolute atomic E-state index is 0.449. The van der Waals surface area contributed by atoms with Crippen LogP contribution in [0, 0.1) is 0 Å². The Morgan fingerprint density at radius 2 is 1.44 bits per heavy atom. The molecule has 0 radical (unpaired) electrons. The molecule has 4 heteroatoms. The van der Waals surface area contributed by atoms with E-state index in [4.69, 9.17) is 14.5 Å². The molecule has 0 amide bonds. The molecule has 4 nitrogen and oxygen atoms in total. The van der Waals surface area contributed by atoms with E-state index in [2.05, 4.69) is 54.4 Å². The van der Waals surface area contributed by atoms with Crippen LogP contribution >= 0.6 is 0 Å². The number of anilines is 1.